The second kappa shape index (κ2) is 13.3. The van der Waals surface area contributed by atoms with Gasteiger partial charge in [0.1, 0.15) is 5.15 Å². The van der Waals surface area contributed by atoms with E-state index in [1.54, 1.807) is 25.4 Å². The average molecular weight is 535 g/mol. The van der Waals surface area contributed by atoms with Crippen molar-refractivity contribution in [1.29, 1.82) is 0 Å². The molecule has 0 saturated carbocycles. The number of pyridine rings is 1. The van der Waals surface area contributed by atoms with Gasteiger partial charge in [0.2, 0.25) is 0 Å². The van der Waals surface area contributed by atoms with Gasteiger partial charge in [-0.15, -0.1) is 0 Å². The zero-order chi connectivity index (χ0) is 26.1. The number of aryl methyl sites for hydroxylation is 1. The largest absolute Gasteiger partial charge is 0.396 e. The summed E-state index contributed by atoms with van der Waals surface area (Å²) in [7, 11) is 1.56. The highest BCUT2D eigenvalue weighted by Gasteiger charge is 2.23. The number of piperazine rings is 1. The molecule has 3 heterocycles. The predicted molar refractivity (Wildman–Crippen MR) is 145 cm³/mol. The van der Waals surface area contributed by atoms with Crippen molar-refractivity contribution in [3.8, 4) is 0 Å². The van der Waals surface area contributed by atoms with Crippen LogP contribution in [0.25, 0.3) is 0 Å². The van der Waals surface area contributed by atoms with Crippen LogP contribution in [0.4, 0.5) is 22.7 Å². The van der Waals surface area contributed by atoms with Crippen molar-refractivity contribution in [2.45, 2.75) is 13.5 Å². The Labute approximate surface area is 221 Å². The summed E-state index contributed by atoms with van der Waals surface area (Å²) >= 11 is 12.2. The number of aliphatic hydroxyl groups is 1. The number of β-amino-alcohol motifs (C(OH)–C–C–N with tert-alkyl or cyclic N) is 1. The molecule has 194 valence electrons. The number of aromatic nitrogens is 3. The highest BCUT2D eigenvalue weighted by Crippen LogP contribution is 2.36. The van der Waals surface area contributed by atoms with Crippen molar-refractivity contribution in [1.82, 2.24) is 25.0 Å². The normalized spacial score (nSPS) is 13.6. The lowest BCUT2D eigenvalue weighted by Gasteiger charge is -2.36. The van der Waals surface area contributed by atoms with Crippen LogP contribution in [0.15, 0.2) is 42.9 Å². The van der Waals surface area contributed by atoms with Crippen LogP contribution in [-0.4, -0.2) is 77.1 Å². The van der Waals surface area contributed by atoms with Gasteiger partial charge in [0.05, 0.1) is 39.9 Å². The summed E-state index contributed by atoms with van der Waals surface area (Å²) in [5.74, 6) is -0.304. The molecule has 1 aliphatic heterocycles. The molecule has 36 heavy (non-hydrogen) atoms. The van der Waals surface area contributed by atoms with E-state index < -0.39 is 0 Å². The van der Waals surface area contributed by atoms with E-state index in [1.165, 1.54) is 6.20 Å². The first kappa shape index (κ1) is 27.5. The van der Waals surface area contributed by atoms with Crippen LogP contribution < -0.4 is 21.3 Å². The summed E-state index contributed by atoms with van der Waals surface area (Å²) in [6.07, 6.45) is 5.17. The van der Waals surface area contributed by atoms with Gasteiger partial charge < -0.3 is 26.4 Å². The standard InChI is InChI=1S/C19H24Cl2N6O2.C5H8N2/c1-23-19(29)17-13(25-14-10-16(21)24-11-12(14)20)2-3-15(18(17)22)27-6-4-26(5-7-27)8-9-28;1-2-7-5-3-4-6-7/h2-3,10-11,28H,4-9,22H2,1H3,(H,23,29)(H,24,25);3-5H,2H2,1H3. The summed E-state index contributed by atoms with van der Waals surface area (Å²) in [5.41, 5.74) is 9.02. The van der Waals surface area contributed by atoms with E-state index in [9.17, 15) is 4.79 Å². The fourth-order valence-corrected chi connectivity index (χ4v) is 4.16. The molecule has 1 aliphatic rings. The zero-order valence-electron chi connectivity index (χ0n) is 20.4. The molecule has 12 heteroatoms. The van der Waals surface area contributed by atoms with Crippen molar-refractivity contribution in [2.24, 2.45) is 0 Å². The Morgan fingerprint density at radius 1 is 1.19 bits per heavy atom. The summed E-state index contributed by atoms with van der Waals surface area (Å²) in [6, 6.07) is 7.20. The second-order valence-corrected chi connectivity index (χ2v) is 8.82. The van der Waals surface area contributed by atoms with E-state index in [1.807, 2.05) is 23.0 Å². The van der Waals surface area contributed by atoms with Crippen molar-refractivity contribution < 1.29 is 9.90 Å². The lowest BCUT2D eigenvalue weighted by molar-refractivity contribution is 0.0964. The van der Waals surface area contributed by atoms with Crippen molar-refractivity contribution in [3.63, 3.8) is 0 Å². The number of hydrogen-bond acceptors (Lipinski definition) is 8. The first-order chi connectivity index (χ1) is 17.4. The molecule has 0 bridgehead atoms. The number of hydrogen-bond donors (Lipinski definition) is 4. The molecule has 2 aromatic heterocycles. The molecule has 0 unspecified atom stereocenters. The molecule has 0 atom stereocenters. The number of benzene rings is 1. The van der Waals surface area contributed by atoms with Crippen LogP contribution >= 0.6 is 23.2 Å². The molecule has 1 fully saturated rings. The smallest absolute Gasteiger partial charge is 0.255 e. The molecule has 10 nitrogen and oxygen atoms in total. The van der Waals surface area contributed by atoms with Crippen LogP contribution in [0.5, 0.6) is 0 Å². The van der Waals surface area contributed by atoms with E-state index in [0.29, 0.717) is 34.2 Å². The van der Waals surface area contributed by atoms with Crippen molar-refractivity contribution in [3.05, 3.63) is 58.6 Å². The highest BCUT2D eigenvalue weighted by atomic mass is 35.5. The summed E-state index contributed by atoms with van der Waals surface area (Å²) < 4.78 is 1.88. The van der Waals surface area contributed by atoms with Gasteiger partial charge in [-0.05, 0) is 25.1 Å². The van der Waals surface area contributed by atoms with E-state index in [0.717, 1.165) is 38.4 Å². The SMILES string of the molecule is CCn1cccn1.CNC(=O)c1c(Nc2cc(Cl)ncc2Cl)ccc(N2CCN(CCO)CC2)c1N. The van der Waals surface area contributed by atoms with Crippen LogP contribution in [0, 0.1) is 0 Å². The lowest BCUT2D eigenvalue weighted by atomic mass is 10.1. The molecular weight excluding hydrogens is 503 g/mol. The minimum absolute atomic E-state index is 0.144. The lowest BCUT2D eigenvalue weighted by Crippen LogP contribution is -2.47. The fourth-order valence-electron chi connectivity index (χ4n) is 3.85. The van der Waals surface area contributed by atoms with Crippen LogP contribution in [0.2, 0.25) is 10.2 Å². The number of carbonyl (C=O) groups is 1. The third-order valence-corrected chi connectivity index (χ3v) is 6.29. The van der Waals surface area contributed by atoms with Gasteiger partial charge in [0.25, 0.3) is 5.91 Å². The fraction of sp³-hybridized carbons (Fsp3) is 0.375. The van der Waals surface area contributed by atoms with E-state index in [4.69, 9.17) is 34.0 Å². The number of halogens is 2. The van der Waals surface area contributed by atoms with Gasteiger partial charge in [0, 0.05) is 71.0 Å². The van der Waals surface area contributed by atoms with E-state index in [-0.39, 0.29) is 17.7 Å². The Hall–Kier alpha value is -3.05. The van der Waals surface area contributed by atoms with Crippen LogP contribution in [0.3, 0.4) is 0 Å². The number of nitrogen functional groups attached to an aromatic ring is 1. The minimum atomic E-state index is -0.304. The number of nitrogens with one attached hydrogen (secondary N) is 2. The average Bonchev–Trinajstić information content (AvgIpc) is 3.42. The first-order valence-electron chi connectivity index (χ1n) is 11.7. The Morgan fingerprint density at radius 2 is 1.94 bits per heavy atom. The molecule has 1 amide bonds. The number of carbonyl (C=O) groups excluding carboxylic acids is 1. The molecule has 5 N–H and O–H groups in total. The van der Waals surface area contributed by atoms with Gasteiger partial charge >= 0.3 is 0 Å². The van der Waals surface area contributed by atoms with Crippen molar-refractivity contribution >= 4 is 51.9 Å². The van der Waals surface area contributed by atoms with Gasteiger partial charge in [-0.2, -0.15) is 5.10 Å². The maximum atomic E-state index is 12.6. The second-order valence-electron chi connectivity index (χ2n) is 8.03. The number of nitrogens with two attached hydrogens (primary N) is 1. The summed E-state index contributed by atoms with van der Waals surface area (Å²) in [4.78, 5) is 20.9. The van der Waals surface area contributed by atoms with Crippen LogP contribution in [-0.2, 0) is 6.54 Å². The number of rotatable bonds is 7. The first-order valence-corrected chi connectivity index (χ1v) is 12.4. The third kappa shape index (κ3) is 7.01. The Morgan fingerprint density at radius 3 is 2.53 bits per heavy atom. The Kier molecular flexibility index (Phi) is 10.2. The van der Waals surface area contributed by atoms with E-state index in [2.05, 4.69) is 37.4 Å². The topological polar surface area (TPSA) is 125 Å². The quantitative estimate of drug-likeness (QED) is 0.269. The van der Waals surface area contributed by atoms with Gasteiger partial charge in [0.15, 0.2) is 0 Å². The number of nitrogens with zero attached hydrogens (tertiary/aromatic N) is 5. The molecule has 0 radical (unpaired) electrons. The number of amides is 1. The molecule has 3 aromatic rings. The highest BCUT2D eigenvalue weighted by molar-refractivity contribution is 6.34. The maximum Gasteiger partial charge on any atom is 0.255 e. The number of anilines is 4. The molecule has 4 rings (SSSR count). The minimum Gasteiger partial charge on any atom is -0.396 e. The van der Waals surface area contributed by atoms with Crippen LogP contribution in [0.1, 0.15) is 17.3 Å². The zero-order valence-corrected chi connectivity index (χ0v) is 21.9. The van der Waals surface area contributed by atoms with Crippen molar-refractivity contribution in [2.75, 3.05) is 62.3 Å². The summed E-state index contributed by atoms with van der Waals surface area (Å²) in [6.45, 7) is 6.99. The number of aliphatic hydroxyl groups excluding tert-OH is 1. The monoisotopic (exact) mass is 534 g/mol. The van der Waals surface area contributed by atoms with Gasteiger partial charge in [-0.1, -0.05) is 23.2 Å². The maximum absolute atomic E-state index is 12.6. The third-order valence-electron chi connectivity index (χ3n) is 5.78. The summed E-state index contributed by atoms with van der Waals surface area (Å²) in [5, 5.41) is 19.5. The molecule has 0 aliphatic carbocycles. The molecule has 0 spiro atoms. The van der Waals surface area contributed by atoms with E-state index >= 15 is 0 Å². The van der Waals surface area contributed by atoms with Gasteiger partial charge in [-0.25, -0.2) is 4.98 Å². The Balaban J connectivity index is 0.000000444. The molecular formula is C24H32Cl2N8O2. The predicted octanol–water partition coefficient (Wildman–Crippen LogP) is 3.09. The van der Waals surface area contributed by atoms with Gasteiger partial charge in [-0.3, -0.25) is 14.4 Å². The molecule has 1 saturated heterocycles. The Bertz CT molecular complexity index is 1140. The molecule has 1 aromatic carbocycles.